The standard InChI is InChI=1S/C15H20N2O4/c18-14(12-2-8-20-10-12)16-4-1-5-17(7-6-16)15(19)13-3-9-21-11-13/h2,8,10,13H,1,3-7,9,11H2/t13-/m0/s1. The summed E-state index contributed by atoms with van der Waals surface area (Å²) in [6.45, 7) is 3.77. The van der Waals surface area contributed by atoms with Gasteiger partial charge in [0.2, 0.25) is 5.91 Å². The van der Waals surface area contributed by atoms with Crippen molar-refractivity contribution >= 4 is 11.8 Å². The molecule has 2 aliphatic rings. The molecule has 0 unspecified atom stereocenters. The van der Waals surface area contributed by atoms with Gasteiger partial charge in [-0.2, -0.15) is 0 Å². The van der Waals surface area contributed by atoms with Crippen molar-refractivity contribution < 1.29 is 18.7 Å². The van der Waals surface area contributed by atoms with Crippen LogP contribution < -0.4 is 0 Å². The van der Waals surface area contributed by atoms with Gasteiger partial charge in [0.15, 0.2) is 0 Å². The second-order valence-electron chi connectivity index (χ2n) is 5.54. The van der Waals surface area contributed by atoms with Crippen molar-refractivity contribution in [3.8, 4) is 0 Å². The molecule has 0 saturated carbocycles. The fraction of sp³-hybridized carbons (Fsp3) is 0.600. The average Bonchev–Trinajstić information content (AvgIpc) is 3.15. The summed E-state index contributed by atoms with van der Waals surface area (Å²) in [7, 11) is 0. The Morgan fingerprint density at radius 1 is 1.14 bits per heavy atom. The van der Waals surface area contributed by atoms with Crippen molar-refractivity contribution in [3.63, 3.8) is 0 Å². The van der Waals surface area contributed by atoms with Crippen LogP contribution in [0.4, 0.5) is 0 Å². The molecule has 1 atom stereocenters. The first-order valence-corrected chi connectivity index (χ1v) is 7.43. The van der Waals surface area contributed by atoms with Gasteiger partial charge in [0, 0.05) is 32.8 Å². The molecule has 21 heavy (non-hydrogen) atoms. The highest BCUT2D eigenvalue weighted by Crippen LogP contribution is 2.17. The summed E-state index contributed by atoms with van der Waals surface area (Å²) in [4.78, 5) is 28.3. The van der Waals surface area contributed by atoms with E-state index in [2.05, 4.69) is 0 Å². The SMILES string of the molecule is O=C(c1ccoc1)N1CCCN(C(=O)[C@H]2CCOC2)CC1. The summed E-state index contributed by atoms with van der Waals surface area (Å²) in [6.07, 6.45) is 4.59. The van der Waals surface area contributed by atoms with Crippen LogP contribution in [0.3, 0.4) is 0 Å². The third-order valence-electron chi connectivity index (χ3n) is 4.14. The first-order chi connectivity index (χ1) is 10.3. The minimum Gasteiger partial charge on any atom is -0.472 e. The Balaban J connectivity index is 1.59. The minimum absolute atomic E-state index is 0.00104. The fourth-order valence-corrected chi connectivity index (χ4v) is 2.90. The second-order valence-corrected chi connectivity index (χ2v) is 5.54. The van der Waals surface area contributed by atoms with Crippen LogP contribution in [0.25, 0.3) is 0 Å². The molecule has 1 aromatic rings. The summed E-state index contributed by atoms with van der Waals surface area (Å²) in [5.41, 5.74) is 0.568. The number of nitrogens with zero attached hydrogens (tertiary/aromatic N) is 2. The van der Waals surface area contributed by atoms with E-state index in [1.165, 1.54) is 12.5 Å². The van der Waals surface area contributed by atoms with E-state index >= 15 is 0 Å². The quantitative estimate of drug-likeness (QED) is 0.815. The predicted octanol–water partition coefficient (Wildman–Crippen LogP) is 0.991. The lowest BCUT2D eigenvalue weighted by molar-refractivity contribution is -0.135. The summed E-state index contributed by atoms with van der Waals surface area (Å²) in [5, 5.41) is 0. The Kier molecular flexibility index (Phi) is 4.24. The predicted molar refractivity (Wildman–Crippen MR) is 74.7 cm³/mol. The summed E-state index contributed by atoms with van der Waals surface area (Å²) in [5.74, 6) is 0.147. The summed E-state index contributed by atoms with van der Waals surface area (Å²) >= 11 is 0. The zero-order chi connectivity index (χ0) is 14.7. The van der Waals surface area contributed by atoms with Gasteiger partial charge in [-0.3, -0.25) is 9.59 Å². The number of carbonyl (C=O) groups excluding carboxylic acids is 2. The molecule has 6 nitrogen and oxygen atoms in total. The van der Waals surface area contributed by atoms with Crippen LogP contribution in [0, 0.1) is 5.92 Å². The molecule has 0 bridgehead atoms. The molecule has 114 valence electrons. The van der Waals surface area contributed by atoms with Crippen molar-refractivity contribution in [1.29, 1.82) is 0 Å². The molecule has 2 saturated heterocycles. The van der Waals surface area contributed by atoms with E-state index in [-0.39, 0.29) is 17.7 Å². The molecule has 2 fully saturated rings. The molecule has 1 aromatic heterocycles. The van der Waals surface area contributed by atoms with Crippen molar-refractivity contribution in [2.24, 2.45) is 5.92 Å². The molecule has 0 radical (unpaired) electrons. The molecule has 0 aromatic carbocycles. The third kappa shape index (κ3) is 3.10. The van der Waals surface area contributed by atoms with Crippen LogP contribution in [-0.2, 0) is 9.53 Å². The second kappa shape index (κ2) is 6.30. The number of amides is 2. The van der Waals surface area contributed by atoms with Gasteiger partial charge in [0.25, 0.3) is 5.91 Å². The Hall–Kier alpha value is -1.82. The molecule has 3 rings (SSSR count). The molecular weight excluding hydrogens is 272 g/mol. The maximum Gasteiger partial charge on any atom is 0.257 e. The van der Waals surface area contributed by atoms with Crippen LogP contribution in [0.2, 0.25) is 0 Å². The molecule has 0 aliphatic carbocycles. The first kappa shape index (κ1) is 14.1. The molecule has 2 amide bonds. The third-order valence-corrected chi connectivity index (χ3v) is 4.14. The van der Waals surface area contributed by atoms with Crippen molar-refractivity contribution in [3.05, 3.63) is 24.2 Å². The molecule has 0 spiro atoms. The smallest absolute Gasteiger partial charge is 0.257 e. The lowest BCUT2D eigenvalue weighted by Gasteiger charge is -2.24. The normalized spacial score (nSPS) is 23.1. The number of hydrogen-bond acceptors (Lipinski definition) is 4. The highest BCUT2D eigenvalue weighted by Gasteiger charge is 2.30. The van der Waals surface area contributed by atoms with Crippen LogP contribution in [-0.4, -0.2) is 61.0 Å². The maximum atomic E-state index is 12.4. The largest absolute Gasteiger partial charge is 0.472 e. The lowest BCUT2D eigenvalue weighted by atomic mass is 10.1. The lowest BCUT2D eigenvalue weighted by Crippen LogP contribution is -2.40. The first-order valence-electron chi connectivity index (χ1n) is 7.43. The van der Waals surface area contributed by atoms with Gasteiger partial charge in [-0.25, -0.2) is 0 Å². The summed E-state index contributed by atoms with van der Waals surface area (Å²) in [6, 6.07) is 1.67. The van der Waals surface area contributed by atoms with E-state index in [9.17, 15) is 9.59 Å². The zero-order valence-electron chi connectivity index (χ0n) is 12.0. The van der Waals surface area contributed by atoms with Crippen LogP contribution >= 0.6 is 0 Å². The number of furan rings is 1. The number of hydrogen-bond donors (Lipinski definition) is 0. The minimum atomic E-state index is -0.0257. The number of ether oxygens (including phenoxy) is 1. The monoisotopic (exact) mass is 292 g/mol. The van der Waals surface area contributed by atoms with Crippen LogP contribution in [0.15, 0.2) is 23.0 Å². The van der Waals surface area contributed by atoms with Gasteiger partial charge in [0.1, 0.15) is 6.26 Å². The van der Waals surface area contributed by atoms with Crippen LogP contribution in [0.5, 0.6) is 0 Å². The van der Waals surface area contributed by atoms with Gasteiger partial charge >= 0.3 is 0 Å². The molecule has 2 aliphatic heterocycles. The number of carbonyl (C=O) groups is 2. The molecule has 3 heterocycles. The van der Waals surface area contributed by atoms with Gasteiger partial charge in [-0.05, 0) is 18.9 Å². The van der Waals surface area contributed by atoms with E-state index in [4.69, 9.17) is 9.15 Å². The molecular formula is C15H20N2O4. The van der Waals surface area contributed by atoms with E-state index in [0.717, 1.165) is 12.8 Å². The average molecular weight is 292 g/mol. The van der Waals surface area contributed by atoms with Gasteiger partial charge in [-0.15, -0.1) is 0 Å². The van der Waals surface area contributed by atoms with Gasteiger partial charge in [-0.1, -0.05) is 0 Å². The highest BCUT2D eigenvalue weighted by atomic mass is 16.5. The Bertz CT molecular complexity index is 494. The fourth-order valence-electron chi connectivity index (χ4n) is 2.90. The Morgan fingerprint density at radius 3 is 2.67 bits per heavy atom. The molecule has 6 heteroatoms. The van der Waals surface area contributed by atoms with Crippen molar-refractivity contribution in [2.75, 3.05) is 39.4 Å². The van der Waals surface area contributed by atoms with Crippen molar-refractivity contribution in [2.45, 2.75) is 12.8 Å². The van der Waals surface area contributed by atoms with Crippen LogP contribution in [0.1, 0.15) is 23.2 Å². The topological polar surface area (TPSA) is 63.0 Å². The zero-order valence-corrected chi connectivity index (χ0v) is 12.0. The maximum absolute atomic E-state index is 12.4. The number of rotatable bonds is 2. The van der Waals surface area contributed by atoms with E-state index < -0.39 is 0 Å². The van der Waals surface area contributed by atoms with Gasteiger partial charge in [0.05, 0.1) is 24.4 Å². The van der Waals surface area contributed by atoms with Gasteiger partial charge < -0.3 is 19.0 Å². The Morgan fingerprint density at radius 2 is 1.95 bits per heavy atom. The highest BCUT2D eigenvalue weighted by molar-refractivity contribution is 5.93. The molecule has 0 N–H and O–H groups in total. The van der Waals surface area contributed by atoms with E-state index in [0.29, 0.717) is 45.0 Å². The van der Waals surface area contributed by atoms with E-state index in [1.54, 1.807) is 11.0 Å². The summed E-state index contributed by atoms with van der Waals surface area (Å²) < 4.78 is 10.2. The van der Waals surface area contributed by atoms with E-state index in [1.807, 2.05) is 4.90 Å². The van der Waals surface area contributed by atoms with Crippen molar-refractivity contribution in [1.82, 2.24) is 9.80 Å². The Labute approximate surface area is 123 Å².